The van der Waals surface area contributed by atoms with E-state index in [-0.39, 0.29) is 37.6 Å². The van der Waals surface area contributed by atoms with Crippen LogP contribution in [-0.4, -0.2) is 51.7 Å². The van der Waals surface area contributed by atoms with Gasteiger partial charge in [-0.05, 0) is 38.5 Å². The number of fused-ring (bicyclic) bond motifs is 1. The third kappa shape index (κ3) is 2.68. The third-order valence-corrected chi connectivity index (χ3v) is 7.78. The Kier molecular flexibility index (Phi) is 3.98. The van der Waals surface area contributed by atoms with Crippen molar-refractivity contribution in [1.29, 1.82) is 0 Å². The summed E-state index contributed by atoms with van der Waals surface area (Å²) in [5.74, 6) is -4.01. The summed E-state index contributed by atoms with van der Waals surface area (Å²) in [5.41, 5.74) is 1.39. The van der Waals surface area contributed by atoms with Crippen LogP contribution in [0.3, 0.4) is 0 Å². The van der Waals surface area contributed by atoms with Crippen LogP contribution in [0.1, 0.15) is 48.7 Å². The number of hydrogen-bond donors (Lipinski definition) is 1. The molecular weight excluding hydrogens is 406 g/mol. The van der Waals surface area contributed by atoms with Gasteiger partial charge in [0.05, 0.1) is 17.0 Å². The zero-order valence-corrected chi connectivity index (χ0v) is 16.8. The second kappa shape index (κ2) is 6.05. The van der Waals surface area contributed by atoms with Crippen LogP contribution in [0.2, 0.25) is 0 Å². The Morgan fingerprint density at radius 1 is 1.21 bits per heavy atom. The maximum Gasteiger partial charge on any atom is 0.276 e. The lowest BCUT2D eigenvalue weighted by Gasteiger charge is -2.30. The van der Waals surface area contributed by atoms with Gasteiger partial charge in [0.15, 0.2) is 5.82 Å². The number of aromatic nitrogens is 4. The van der Waals surface area contributed by atoms with Crippen LogP contribution in [0.15, 0.2) is 4.52 Å². The van der Waals surface area contributed by atoms with E-state index in [0.717, 1.165) is 41.2 Å². The number of rotatable bonds is 3. The lowest BCUT2D eigenvalue weighted by atomic mass is 9.91. The zero-order chi connectivity index (χ0) is 20.6. The summed E-state index contributed by atoms with van der Waals surface area (Å²) in [5, 5.41) is 13.5. The molecule has 9 nitrogen and oxygen atoms in total. The molecule has 5 rings (SSSR count). The average Bonchev–Trinajstić information content (AvgIpc) is 3.04. The van der Waals surface area contributed by atoms with Gasteiger partial charge >= 0.3 is 0 Å². The second-order valence-corrected chi connectivity index (χ2v) is 9.76. The molecule has 158 valence electrons. The van der Waals surface area contributed by atoms with Gasteiger partial charge in [0.2, 0.25) is 0 Å². The van der Waals surface area contributed by atoms with Gasteiger partial charge in [-0.25, -0.2) is 13.9 Å². The molecule has 1 saturated carbocycles. The summed E-state index contributed by atoms with van der Waals surface area (Å²) in [6.07, 6.45) is 3.86. The molecule has 1 aliphatic heterocycles. The molecular formula is C17H22F2N6O3S. The summed E-state index contributed by atoms with van der Waals surface area (Å²) >= 11 is 0. The highest BCUT2D eigenvalue weighted by molar-refractivity contribution is 7.86. The van der Waals surface area contributed by atoms with Crippen molar-refractivity contribution in [1.82, 2.24) is 24.2 Å². The number of alkyl halides is 2. The molecule has 0 aromatic carbocycles. The van der Waals surface area contributed by atoms with Crippen LogP contribution in [0, 0.1) is 5.41 Å². The van der Waals surface area contributed by atoms with E-state index in [2.05, 4.69) is 15.2 Å². The Balaban J connectivity index is 1.43. The first kappa shape index (κ1) is 19.1. The topological polar surface area (TPSA) is 120 Å². The summed E-state index contributed by atoms with van der Waals surface area (Å²) < 4.78 is 60.7. The lowest BCUT2D eigenvalue weighted by Crippen LogP contribution is -2.43. The molecule has 0 bridgehead atoms. The molecule has 29 heavy (non-hydrogen) atoms. The minimum absolute atomic E-state index is 0.00603. The Hall–Kier alpha value is -1.92. The molecule has 3 heterocycles. The molecule has 3 aliphatic rings. The number of halogens is 2. The lowest BCUT2D eigenvalue weighted by molar-refractivity contribution is 0.0411. The van der Waals surface area contributed by atoms with Gasteiger partial charge in [0.25, 0.3) is 22.0 Å². The van der Waals surface area contributed by atoms with E-state index in [1.807, 2.05) is 0 Å². The summed E-state index contributed by atoms with van der Waals surface area (Å²) in [7, 11) is -2.09. The number of hydrogen-bond acceptors (Lipinski definition) is 6. The van der Waals surface area contributed by atoms with E-state index in [1.165, 1.54) is 0 Å². The highest BCUT2D eigenvalue weighted by Crippen LogP contribution is 2.75. The van der Waals surface area contributed by atoms with Crippen LogP contribution >= 0.6 is 0 Å². The van der Waals surface area contributed by atoms with Crippen LogP contribution in [0.25, 0.3) is 11.6 Å². The van der Waals surface area contributed by atoms with E-state index < -0.39 is 27.5 Å². The first-order valence-corrected chi connectivity index (χ1v) is 11.2. The maximum absolute atomic E-state index is 14.8. The Labute approximate surface area is 166 Å². The van der Waals surface area contributed by atoms with E-state index in [9.17, 15) is 17.2 Å². The molecule has 2 aromatic heterocycles. The summed E-state index contributed by atoms with van der Waals surface area (Å²) in [6.45, 7) is -0.0737. The van der Waals surface area contributed by atoms with E-state index in [0.29, 0.717) is 5.69 Å². The minimum atomic E-state index is -3.88. The molecule has 1 spiro atoms. The molecule has 0 unspecified atom stereocenters. The van der Waals surface area contributed by atoms with Gasteiger partial charge in [-0.3, -0.25) is 4.68 Å². The monoisotopic (exact) mass is 428 g/mol. The van der Waals surface area contributed by atoms with Crippen LogP contribution in [0.4, 0.5) is 8.78 Å². The summed E-state index contributed by atoms with van der Waals surface area (Å²) in [6, 6.07) is 0. The number of nitrogens with two attached hydrogens (primary N) is 1. The molecule has 0 amide bonds. The normalized spacial score (nSPS) is 25.9. The van der Waals surface area contributed by atoms with Gasteiger partial charge < -0.3 is 4.52 Å². The van der Waals surface area contributed by atoms with Crippen molar-refractivity contribution in [3.05, 3.63) is 17.1 Å². The molecule has 2 fully saturated rings. The van der Waals surface area contributed by atoms with Crippen LogP contribution < -0.4 is 5.14 Å². The van der Waals surface area contributed by atoms with Crippen molar-refractivity contribution in [3.63, 3.8) is 0 Å². The molecule has 1 atom stereocenters. The Morgan fingerprint density at radius 2 is 1.90 bits per heavy atom. The molecule has 2 aliphatic carbocycles. The van der Waals surface area contributed by atoms with Crippen molar-refractivity contribution < 1.29 is 21.7 Å². The average molecular weight is 428 g/mol. The minimum Gasteiger partial charge on any atom is -0.332 e. The predicted molar refractivity (Wildman–Crippen MR) is 97.2 cm³/mol. The molecule has 1 saturated heterocycles. The smallest absolute Gasteiger partial charge is 0.276 e. The van der Waals surface area contributed by atoms with Crippen LogP contribution in [-0.2, 0) is 30.1 Å². The predicted octanol–water partition coefficient (Wildman–Crippen LogP) is 1.37. The summed E-state index contributed by atoms with van der Waals surface area (Å²) in [4.78, 5) is 4.32. The largest absolute Gasteiger partial charge is 0.332 e. The molecule has 12 heteroatoms. The van der Waals surface area contributed by atoms with Gasteiger partial charge in [-0.1, -0.05) is 5.16 Å². The quantitative estimate of drug-likeness (QED) is 0.788. The first-order valence-electron chi connectivity index (χ1n) is 9.69. The fourth-order valence-electron chi connectivity index (χ4n) is 5.08. The Morgan fingerprint density at radius 3 is 2.59 bits per heavy atom. The van der Waals surface area contributed by atoms with Gasteiger partial charge in [0, 0.05) is 25.7 Å². The fourth-order valence-corrected chi connectivity index (χ4v) is 5.77. The molecule has 2 aromatic rings. The maximum atomic E-state index is 14.8. The second-order valence-electron chi connectivity index (χ2n) is 8.22. The van der Waals surface area contributed by atoms with E-state index in [4.69, 9.17) is 9.66 Å². The highest BCUT2D eigenvalue weighted by atomic mass is 32.2. The zero-order valence-electron chi connectivity index (χ0n) is 15.9. The van der Waals surface area contributed by atoms with Crippen LogP contribution in [0.5, 0.6) is 0 Å². The Bertz CT molecular complexity index is 1070. The number of nitrogens with zero attached hydrogens (tertiary/aromatic N) is 5. The van der Waals surface area contributed by atoms with Crippen molar-refractivity contribution in [2.45, 2.75) is 50.4 Å². The van der Waals surface area contributed by atoms with Gasteiger partial charge in [0.1, 0.15) is 5.69 Å². The van der Waals surface area contributed by atoms with E-state index >= 15 is 0 Å². The number of aryl methyl sites for hydroxylation is 2. The number of piperidine rings is 1. The van der Waals surface area contributed by atoms with Gasteiger partial charge in [-0.15, -0.1) is 0 Å². The van der Waals surface area contributed by atoms with Crippen molar-refractivity contribution in [2.75, 3.05) is 13.1 Å². The molecule has 0 radical (unpaired) electrons. The van der Waals surface area contributed by atoms with Crippen molar-refractivity contribution in [2.24, 2.45) is 17.6 Å². The standard InChI is InChI=1S/C17H22F2N6O3S/c1-24-12(10-4-2-3-5-11(10)22-24)15-21-14(23-28-15)13-16(17(13,18)19)6-8-25(9-7-16)29(20,26)27/h13H,2-9H2,1H3,(H2,20,26,27)/t13-/m0/s1. The SMILES string of the molecule is Cn1nc2c(c1-c1nc([C@@H]3C(F)(F)C34CCN(S(N)(=O)=O)CC4)no1)CCCC2. The molecule has 2 N–H and O–H groups in total. The van der Waals surface area contributed by atoms with Gasteiger partial charge in [-0.2, -0.15) is 22.8 Å². The fraction of sp³-hybridized carbons (Fsp3) is 0.706. The third-order valence-electron chi connectivity index (χ3n) is 6.69. The highest BCUT2D eigenvalue weighted by Gasteiger charge is 2.82. The first-order chi connectivity index (χ1) is 13.6. The van der Waals surface area contributed by atoms with Crippen molar-refractivity contribution >= 4 is 10.2 Å². The van der Waals surface area contributed by atoms with E-state index in [1.54, 1.807) is 11.7 Å². The van der Waals surface area contributed by atoms with Crippen molar-refractivity contribution in [3.8, 4) is 11.6 Å².